The molecule has 0 amide bonds. The van der Waals surface area contributed by atoms with Gasteiger partial charge in [-0.3, -0.25) is 4.79 Å². The molecule has 24 heavy (non-hydrogen) atoms. The highest BCUT2D eigenvalue weighted by atomic mass is 32.2. The second-order valence-corrected chi connectivity index (χ2v) is 7.75. The fraction of sp³-hybridized carbons (Fsp3) is 0.167. The van der Waals surface area contributed by atoms with Gasteiger partial charge in [0.1, 0.15) is 0 Å². The van der Waals surface area contributed by atoms with Crippen LogP contribution in [-0.2, 0) is 16.6 Å². The Morgan fingerprint density at radius 1 is 1.08 bits per heavy atom. The van der Waals surface area contributed by atoms with E-state index < -0.39 is 10.0 Å². The summed E-state index contributed by atoms with van der Waals surface area (Å²) in [5, 5.41) is 1.01. The van der Waals surface area contributed by atoms with Gasteiger partial charge < -0.3 is 4.98 Å². The summed E-state index contributed by atoms with van der Waals surface area (Å²) in [4.78, 5) is 14.6. The monoisotopic (exact) mass is 342 g/mol. The molecule has 2 aromatic carbocycles. The molecule has 1 aromatic heterocycles. The molecule has 124 valence electrons. The number of para-hydroxylation sites is 1. The van der Waals surface area contributed by atoms with Crippen LogP contribution in [0.2, 0.25) is 0 Å². The molecular formula is C18H18N2O3S. The molecular weight excluding hydrogens is 324 g/mol. The highest BCUT2D eigenvalue weighted by Gasteiger charge is 2.22. The van der Waals surface area contributed by atoms with Gasteiger partial charge in [0, 0.05) is 36.3 Å². The van der Waals surface area contributed by atoms with Crippen molar-refractivity contribution in [3.8, 4) is 0 Å². The Balaban J connectivity index is 1.87. The highest BCUT2D eigenvalue weighted by molar-refractivity contribution is 7.89. The molecule has 0 atom stereocenters. The first-order chi connectivity index (χ1) is 11.4. The molecule has 3 aromatic rings. The zero-order valence-electron chi connectivity index (χ0n) is 13.5. The summed E-state index contributed by atoms with van der Waals surface area (Å²) in [6.45, 7) is 1.72. The topological polar surface area (TPSA) is 70.2 Å². The van der Waals surface area contributed by atoms with Crippen molar-refractivity contribution in [3.05, 3.63) is 65.9 Å². The summed E-state index contributed by atoms with van der Waals surface area (Å²) in [5.74, 6) is -0.0916. The average molecular weight is 342 g/mol. The number of Topliss-reactive ketones (excluding diaryl/α,β-unsaturated/α-hetero) is 1. The third kappa shape index (κ3) is 2.98. The van der Waals surface area contributed by atoms with Crippen molar-refractivity contribution in [3.63, 3.8) is 0 Å². The summed E-state index contributed by atoms with van der Waals surface area (Å²) in [6, 6.07) is 13.8. The predicted octanol–water partition coefficient (Wildman–Crippen LogP) is 3.19. The SMILES string of the molecule is CC(=O)c1ccc(S(=O)(=O)N(C)Cc2c[nH]c3ccccc23)cc1. The van der Waals surface area contributed by atoms with Gasteiger partial charge in [0.2, 0.25) is 10.0 Å². The molecule has 3 rings (SSSR count). The van der Waals surface area contributed by atoms with Gasteiger partial charge in [0.05, 0.1) is 4.90 Å². The van der Waals surface area contributed by atoms with E-state index in [1.807, 2.05) is 30.5 Å². The van der Waals surface area contributed by atoms with Crippen LogP contribution in [0.4, 0.5) is 0 Å². The van der Waals surface area contributed by atoms with Crippen LogP contribution in [-0.4, -0.2) is 30.5 Å². The van der Waals surface area contributed by atoms with E-state index >= 15 is 0 Å². The summed E-state index contributed by atoms with van der Waals surface area (Å²) in [7, 11) is -2.07. The molecule has 0 aliphatic carbocycles. The molecule has 5 nitrogen and oxygen atoms in total. The Kier molecular flexibility index (Phi) is 4.26. The van der Waals surface area contributed by atoms with Gasteiger partial charge in [-0.15, -0.1) is 0 Å². The molecule has 1 N–H and O–H groups in total. The number of nitrogens with one attached hydrogen (secondary N) is 1. The standard InChI is InChI=1S/C18H18N2O3S/c1-13(21)14-7-9-16(10-8-14)24(22,23)20(2)12-15-11-19-18-6-4-3-5-17(15)18/h3-11,19H,12H2,1-2H3. The molecule has 0 fully saturated rings. The number of hydrogen-bond donors (Lipinski definition) is 1. The normalized spacial score (nSPS) is 12.0. The molecule has 0 aliphatic rings. The number of sulfonamides is 1. The number of carbonyl (C=O) groups is 1. The van der Waals surface area contributed by atoms with E-state index in [2.05, 4.69) is 4.98 Å². The summed E-state index contributed by atoms with van der Waals surface area (Å²) < 4.78 is 26.7. The Hall–Kier alpha value is -2.44. The number of rotatable bonds is 5. The number of ketones is 1. The maximum absolute atomic E-state index is 12.7. The molecule has 0 radical (unpaired) electrons. The number of aromatic amines is 1. The van der Waals surface area contributed by atoms with Crippen LogP contribution in [0, 0.1) is 0 Å². The molecule has 0 bridgehead atoms. The van der Waals surface area contributed by atoms with Crippen LogP contribution in [0.1, 0.15) is 22.8 Å². The van der Waals surface area contributed by atoms with Crippen LogP contribution in [0.15, 0.2) is 59.6 Å². The molecule has 0 spiro atoms. The summed E-state index contributed by atoms with van der Waals surface area (Å²) in [5.41, 5.74) is 2.38. The van der Waals surface area contributed by atoms with Gasteiger partial charge in [-0.25, -0.2) is 8.42 Å². The number of benzene rings is 2. The van der Waals surface area contributed by atoms with Crippen molar-refractivity contribution >= 4 is 26.7 Å². The van der Waals surface area contributed by atoms with E-state index in [1.54, 1.807) is 7.05 Å². The molecule has 0 aliphatic heterocycles. The summed E-state index contributed by atoms with van der Waals surface area (Å²) >= 11 is 0. The molecule has 6 heteroatoms. The molecule has 0 unspecified atom stereocenters. The minimum atomic E-state index is -3.62. The molecule has 0 saturated carbocycles. The number of nitrogens with zero attached hydrogens (tertiary/aromatic N) is 1. The second-order valence-electron chi connectivity index (χ2n) is 5.70. The van der Waals surface area contributed by atoms with Crippen molar-refractivity contribution in [2.24, 2.45) is 0 Å². The minimum absolute atomic E-state index is 0.0916. The Morgan fingerprint density at radius 3 is 2.42 bits per heavy atom. The van der Waals surface area contributed by atoms with Crippen LogP contribution in [0.25, 0.3) is 10.9 Å². The van der Waals surface area contributed by atoms with Crippen molar-refractivity contribution in [2.75, 3.05) is 7.05 Å². The van der Waals surface area contributed by atoms with E-state index in [4.69, 9.17) is 0 Å². The van der Waals surface area contributed by atoms with Crippen LogP contribution < -0.4 is 0 Å². The van der Waals surface area contributed by atoms with E-state index in [0.29, 0.717) is 5.56 Å². The van der Waals surface area contributed by atoms with Crippen molar-refractivity contribution in [1.29, 1.82) is 0 Å². The fourth-order valence-electron chi connectivity index (χ4n) is 2.63. The lowest BCUT2D eigenvalue weighted by Crippen LogP contribution is -2.26. The van der Waals surface area contributed by atoms with Gasteiger partial charge >= 0.3 is 0 Å². The minimum Gasteiger partial charge on any atom is -0.361 e. The Bertz CT molecular complexity index is 989. The van der Waals surface area contributed by atoms with Crippen molar-refractivity contribution in [1.82, 2.24) is 9.29 Å². The lowest BCUT2D eigenvalue weighted by molar-refractivity contribution is 0.101. The number of hydrogen-bond acceptors (Lipinski definition) is 3. The summed E-state index contributed by atoms with van der Waals surface area (Å²) in [6.07, 6.45) is 1.83. The number of aromatic nitrogens is 1. The van der Waals surface area contributed by atoms with Crippen molar-refractivity contribution in [2.45, 2.75) is 18.4 Å². The van der Waals surface area contributed by atoms with E-state index in [9.17, 15) is 13.2 Å². The van der Waals surface area contributed by atoms with E-state index in [-0.39, 0.29) is 17.2 Å². The zero-order valence-corrected chi connectivity index (χ0v) is 14.3. The average Bonchev–Trinajstić information content (AvgIpc) is 2.98. The maximum atomic E-state index is 12.7. The first kappa shape index (κ1) is 16.4. The van der Waals surface area contributed by atoms with Crippen molar-refractivity contribution < 1.29 is 13.2 Å². The van der Waals surface area contributed by atoms with Gasteiger partial charge in [0.25, 0.3) is 0 Å². The van der Waals surface area contributed by atoms with Crippen LogP contribution in [0.5, 0.6) is 0 Å². The smallest absolute Gasteiger partial charge is 0.243 e. The number of carbonyl (C=O) groups excluding carboxylic acids is 1. The zero-order chi connectivity index (χ0) is 17.3. The lowest BCUT2D eigenvalue weighted by atomic mass is 10.2. The molecule has 0 saturated heterocycles. The van der Waals surface area contributed by atoms with E-state index in [0.717, 1.165) is 16.5 Å². The second kappa shape index (κ2) is 6.22. The Morgan fingerprint density at radius 2 is 1.75 bits per heavy atom. The number of H-pyrrole nitrogens is 1. The maximum Gasteiger partial charge on any atom is 0.243 e. The number of fused-ring (bicyclic) bond motifs is 1. The van der Waals surface area contributed by atoms with Gasteiger partial charge in [-0.05, 0) is 30.7 Å². The van der Waals surface area contributed by atoms with E-state index in [1.165, 1.54) is 35.5 Å². The van der Waals surface area contributed by atoms with Crippen LogP contribution in [0.3, 0.4) is 0 Å². The Labute approximate surface area is 141 Å². The van der Waals surface area contributed by atoms with Gasteiger partial charge in [0.15, 0.2) is 5.78 Å². The first-order valence-electron chi connectivity index (χ1n) is 7.52. The quantitative estimate of drug-likeness (QED) is 0.724. The third-order valence-corrected chi connectivity index (χ3v) is 5.85. The highest BCUT2D eigenvalue weighted by Crippen LogP contribution is 2.22. The lowest BCUT2D eigenvalue weighted by Gasteiger charge is -2.17. The van der Waals surface area contributed by atoms with Gasteiger partial charge in [-0.2, -0.15) is 4.31 Å². The van der Waals surface area contributed by atoms with Gasteiger partial charge in [-0.1, -0.05) is 30.3 Å². The first-order valence-corrected chi connectivity index (χ1v) is 8.96. The predicted molar refractivity (Wildman–Crippen MR) is 93.4 cm³/mol. The fourth-order valence-corrected chi connectivity index (χ4v) is 3.78. The van der Waals surface area contributed by atoms with Crippen LogP contribution >= 0.6 is 0 Å². The molecule has 1 heterocycles. The third-order valence-electron chi connectivity index (χ3n) is 4.04. The largest absolute Gasteiger partial charge is 0.361 e.